The van der Waals surface area contributed by atoms with Crippen LogP contribution in [0.1, 0.15) is 33.3 Å². The largest absolute Gasteiger partial charge is 0.452 e. The fourth-order valence-corrected chi connectivity index (χ4v) is 3.26. The van der Waals surface area contributed by atoms with Crippen molar-refractivity contribution in [1.82, 2.24) is 0 Å². The van der Waals surface area contributed by atoms with Gasteiger partial charge in [0.25, 0.3) is 0 Å². The van der Waals surface area contributed by atoms with Gasteiger partial charge >= 0.3 is 0 Å². The highest BCUT2D eigenvalue weighted by molar-refractivity contribution is 6.10. The van der Waals surface area contributed by atoms with Crippen LogP contribution >= 0.6 is 0 Å². The Labute approximate surface area is 151 Å². The van der Waals surface area contributed by atoms with E-state index in [1.54, 1.807) is 19.2 Å². The molecule has 0 aliphatic rings. The Morgan fingerprint density at radius 3 is 2.15 bits per heavy atom. The molecule has 4 rings (SSSR count). The first kappa shape index (κ1) is 16.3. The Hall–Kier alpha value is -3.17. The zero-order valence-corrected chi connectivity index (χ0v) is 14.4. The first-order valence-electron chi connectivity index (χ1n) is 8.48. The number of benzene rings is 3. The second kappa shape index (κ2) is 6.98. The third kappa shape index (κ3) is 2.83. The van der Waals surface area contributed by atoms with Gasteiger partial charge in [0.1, 0.15) is 11.7 Å². The Kier molecular flexibility index (Phi) is 4.38. The maximum Gasteiger partial charge on any atom is 0.228 e. The van der Waals surface area contributed by atoms with E-state index in [1.165, 1.54) is 0 Å². The summed E-state index contributed by atoms with van der Waals surface area (Å²) < 4.78 is 11.8. The molecule has 1 heterocycles. The zero-order chi connectivity index (χ0) is 17.9. The van der Waals surface area contributed by atoms with E-state index in [2.05, 4.69) is 0 Å². The molecule has 1 atom stereocenters. The molecule has 128 valence electrons. The van der Waals surface area contributed by atoms with Crippen molar-refractivity contribution in [2.45, 2.75) is 6.10 Å². The van der Waals surface area contributed by atoms with Crippen molar-refractivity contribution < 1.29 is 13.9 Å². The number of para-hydroxylation sites is 1. The van der Waals surface area contributed by atoms with Crippen LogP contribution in [0.4, 0.5) is 0 Å². The summed E-state index contributed by atoms with van der Waals surface area (Å²) >= 11 is 0. The van der Waals surface area contributed by atoms with Gasteiger partial charge in [0.2, 0.25) is 5.78 Å². The summed E-state index contributed by atoms with van der Waals surface area (Å²) in [7, 11) is 1.65. The van der Waals surface area contributed by atoms with Crippen LogP contribution < -0.4 is 0 Å². The van der Waals surface area contributed by atoms with Crippen LogP contribution in [0.25, 0.3) is 11.0 Å². The fraction of sp³-hybridized carbons (Fsp3) is 0.0870. The monoisotopic (exact) mass is 342 g/mol. The highest BCUT2D eigenvalue weighted by Gasteiger charge is 2.28. The zero-order valence-electron chi connectivity index (χ0n) is 14.4. The Morgan fingerprint density at radius 2 is 1.46 bits per heavy atom. The highest BCUT2D eigenvalue weighted by Crippen LogP contribution is 2.37. The first-order chi connectivity index (χ1) is 12.8. The van der Waals surface area contributed by atoms with Gasteiger partial charge in [-0.3, -0.25) is 4.79 Å². The van der Waals surface area contributed by atoms with Gasteiger partial charge in [-0.25, -0.2) is 0 Å². The minimum Gasteiger partial charge on any atom is -0.452 e. The Morgan fingerprint density at radius 1 is 0.846 bits per heavy atom. The second-order valence-electron chi connectivity index (χ2n) is 6.06. The lowest BCUT2D eigenvalue weighted by Gasteiger charge is -2.16. The number of rotatable bonds is 5. The summed E-state index contributed by atoms with van der Waals surface area (Å²) in [5, 5.41) is 0.891. The van der Waals surface area contributed by atoms with Gasteiger partial charge in [0, 0.05) is 23.6 Å². The number of hydrogen-bond donors (Lipinski definition) is 0. The van der Waals surface area contributed by atoms with E-state index in [-0.39, 0.29) is 11.9 Å². The molecule has 1 unspecified atom stereocenters. The molecular weight excluding hydrogens is 324 g/mol. The quantitative estimate of drug-likeness (QED) is 0.456. The molecule has 0 aliphatic heterocycles. The molecule has 3 aromatic carbocycles. The standard InChI is InChI=1S/C23H18O3/c1-25-22(17-12-6-3-7-13-17)20-18-14-8-9-15-19(18)26-23(20)21(24)16-10-4-2-5-11-16/h2-15,22H,1H3. The SMILES string of the molecule is COC(c1ccccc1)c1c(C(=O)c2ccccc2)oc2ccccc12. The van der Waals surface area contributed by atoms with Gasteiger partial charge in [0.15, 0.2) is 5.76 Å². The first-order valence-corrected chi connectivity index (χ1v) is 8.48. The van der Waals surface area contributed by atoms with Gasteiger partial charge in [-0.15, -0.1) is 0 Å². The Balaban J connectivity index is 1.94. The van der Waals surface area contributed by atoms with Gasteiger partial charge in [-0.1, -0.05) is 78.9 Å². The van der Waals surface area contributed by atoms with Crippen molar-refractivity contribution in [1.29, 1.82) is 0 Å². The van der Waals surface area contributed by atoms with Crippen LogP contribution in [0.15, 0.2) is 89.3 Å². The van der Waals surface area contributed by atoms with Crippen LogP contribution in [0.5, 0.6) is 0 Å². The maximum absolute atomic E-state index is 13.1. The summed E-state index contributed by atoms with van der Waals surface area (Å²) in [6.07, 6.45) is -0.387. The Bertz CT molecular complexity index is 1030. The lowest BCUT2D eigenvalue weighted by molar-refractivity contribution is 0.0994. The minimum absolute atomic E-state index is 0.144. The topological polar surface area (TPSA) is 39.4 Å². The van der Waals surface area contributed by atoms with E-state index in [9.17, 15) is 4.79 Å². The summed E-state index contributed by atoms with van der Waals surface area (Å²) in [5.41, 5.74) is 3.02. The van der Waals surface area contributed by atoms with Crippen LogP contribution in [-0.4, -0.2) is 12.9 Å². The van der Waals surface area contributed by atoms with Crippen molar-refractivity contribution in [3.05, 3.63) is 107 Å². The molecule has 0 fully saturated rings. The van der Waals surface area contributed by atoms with Crippen LogP contribution in [0, 0.1) is 0 Å². The average Bonchev–Trinajstić information content (AvgIpc) is 3.09. The second-order valence-corrected chi connectivity index (χ2v) is 6.06. The molecule has 26 heavy (non-hydrogen) atoms. The molecule has 1 aromatic heterocycles. The van der Waals surface area contributed by atoms with Crippen molar-refractivity contribution in [2.75, 3.05) is 7.11 Å². The van der Waals surface area contributed by atoms with Gasteiger partial charge in [-0.2, -0.15) is 0 Å². The van der Waals surface area contributed by atoms with E-state index in [4.69, 9.17) is 9.15 Å². The van der Waals surface area contributed by atoms with Crippen molar-refractivity contribution in [3.8, 4) is 0 Å². The lowest BCUT2D eigenvalue weighted by Crippen LogP contribution is -2.09. The molecular formula is C23H18O3. The number of methoxy groups -OCH3 is 1. The summed E-state index contributed by atoms with van der Waals surface area (Å²) in [6.45, 7) is 0. The number of carbonyl (C=O) groups excluding carboxylic acids is 1. The number of ether oxygens (including phenoxy) is 1. The van der Waals surface area contributed by atoms with Crippen molar-refractivity contribution >= 4 is 16.8 Å². The number of furan rings is 1. The summed E-state index contributed by atoms with van der Waals surface area (Å²) in [5.74, 6) is 0.183. The third-order valence-electron chi connectivity index (χ3n) is 4.48. The van der Waals surface area contributed by atoms with Gasteiger partial charge in [-0.05, 0) is 11.6 Å². The van der Waals surface area contributed by atoms with Crippen molar-refractivity contribution in [3.63, 3.8) is 0 Å². The molecule has 0 saturated carbocycles. The third-order valence-corrected chi connectivity index (χ3v) is 4.48. The molecule has 0 spiro atoms. The van der Waals surface area contributed by atoms with Crippen LogP contribution in [0.2, 0.25) is 0 Å². The molecule has 3 nitrogen and oxygen atoms in total. The molecule has 0 amide bonds. The van der Waals surface area contributed by atoms with E-state index in [1.807, 2.05) is 72.8 Å². The lowest BCUT2D eigenvalue weighted by atomic mass is 9.95. The minimum atomic E-state index is -0.387. The van der Waals surface area contributed by atoms with E-state index < -0.39 is 0 Å². The molecule has 3 heteroatoms. The molecule has 0 N–H and O–H groups in total. The highest BCUT2D eigenvalue weighted by atomic mass is 16.5. The number of fused-ring (bicyclic) bond motifs is 1. The van der Waals surface area contributed by atoms with Gasteiger partial charge < -0.3 is 9.15 Å². The molecule has 0 saturated heterocycles. The smallest absolute Gasteiger partial charge is 0.228 e. The number of ketones is 1. The van der Waals surface area contributed by atoms with Gasteiger partial charge in [0.05, 0.1) is 0 Å². The maximum atomic E-state index is 13.1. The summed E-state index contributed by atoms with van der Waals surface area (Å²) in [4.78, 5) is 13.1. The molecule has 0 aliphatic carbocycles. The van der Waals surface area contributed by atoms with Crippen LogP contribution in [0.3, 0.4) is 0 Å². The van der Waals surface area contributed by atoms with E-state index >= 15 is 0 Å². The average molecular weight is 342 g/mol. The summed E-state index contributed by atoms with van der Waals surface area (Å²) in [6, 6.07) is 26.7. The number of hydrogen-bond acceptors (Lipinski definition) is 3. The fourth-order valence-electron chi connectivity index (χ4n) is 3.26. The van der Waals surface area contributed by atoms with E-state index in [0.29, 0.717) is 16.9 Å². The van der Waals surface area contributed by atoms with Crippen LogP contribution in [-0.2, 0) is 4.74 Å². The molecule has 0 radical (unpaired) electrons. The molecule has 4 aromatic rings. The predicted molar refractivity (Wildman–Crippen MR) is 101 cm³/mol. The van der Waals surface area contributed by atoms with E-state index in [0.717, 1.165) is 16.5 Å². The molecule has 0 bridgehead atoms. The normalized spacial score (nSPS) is 12.2. The predicted octanol–water partition coefficient (Wildman–Crippen LogP) is 5.40. The van der Waals surface area contributed by atoms with Crippen molar-refractivity contribution in [2.24, 2.45) is 0 Å². The number of carbonyl (C=O) groups is 1.